The van der Waals surface area contributed by atoms with Crippen LogP contribution in [0.15, 0.2) is 48.5 Å². The normalized spacial score (nSPS) is 15.6. The van der Waals surface area contributed by atoms with Gasteiger partial charge in [0, 0.05) is 11.6 Å². The van der Waals surface area contributed by atoms with E-state index in [1.54, 1.807) is 4.68 Å². The van der Waals surface area contributed by atoms with E-state index < -0.39 is 0 Å². The first-order valence-electron chi connectivity index (χ1n) is 9.43. The van der Waals surface area contributed by atoms with Gasteiger partial charge in [0.05, 0.1) is 25.5 Å². The molecule has 7 nitrogen and oxygen atoms in total. The molecular weight excluding hydrogens is 392 g/mol. The van der Waals surface area contributed by atoms with E-state index in [4.69, 9.17) is 21.1 Å². The van der Waals surface area contributed by atoms with Crippen LogP contribution < -0.4 is 10.1 Å². The van der Waals surface area contributed by atoms with Gasteiger partial charge < -0.3 is 14.8 Å². The average molecular weight is 413 g/mol. The first-order chi connectivity index (χ1) is 14.1. The molecule has 0 saturated carbocycles. The lowest BCUT2D eigenvalue weighted by atomic mass is 10.1. The van der Waals surface area contributed by atoms with Crippen molar-refractivity contribution < 1.29 is 14.3 Å². The van der Waals surface area contributed by atoms with Crippen LogP contribution in [0.2, 0.25) is 5.02 Å². The lowest BCUT2D eigenvalue weighted by Crippen LogP contribution is -2.27. The smallest absolute Gasteiger partial charge is 0.274 e. The van der Waals surface area contributed by atoms with Gasteiger partial charge in [0.1, 0.15) is 11.9 Å². The van der Waals surface area contributed by atoms with Crippen LogP contribution in [0.25, 0.3) is 0 Å². The number of aromatic nitrogens is 3. The maximum Gasteiger partial charge on any atom is 0.274 e. The Hall–Kier alpha value is -2.90. The summed E-state index contributed by atoms with van der Waals surface area (Å²) in [6.45, 7) is 3.67. The highest BCUT2D eigenvalue weighted by Gasteiger charge is 2.27. The van der Waals surface area contributed by atoms with E-state index in [2.05, 4.69) is 15.6 Å². The van der Waals surface area contributed by atoms with Crippen molar-refractivity contribution in [1.29, 1.82) is 0 Å². The number of ether oxygens (including phenoxy) is 2. The van der Waals surface area contributed by atoms with Crippen LogP contribution in [0, 0.1) is 0 Å². The van der Waals surface area contributed by atoms with E-state index in [9.17, 15) is 4.79 Å². The first kappa shape index (κ1) is 19.4. The van der Waals surface area contributed by atoms with Crippen LogP contribution in [0.1, 0.15) is 40.3 Å². The second kappa shape index (κ2) is 8.63. The molecule has 0 radical (unpaired) electrons. The topological polar surface area (TPSA) is 78.3 Å². The van der Waals surface area contributed by atoms with Crippen molar-refractivity contribution in [1.82, 2.24) is 20.3 Å². The lowest BCUT2D eigenvalue weighted by molar-refractivity contribution is -0.00176. The molecule has 1 unspecified atom stereocenters. The second-order valence-corrected chi connectivity index (χ2v) is 7.12. The molecule has 29 heavy (non-hydrogen) atoms. The minimum atomic E-state index is -0.276. The summed E-state index contributed by atoms with van der Waals surface area (Å²) in [4.78, 5) is 12.6. The number of benzene rings is 2. The summed E-state index contributed by atoms with van der Waals surface area (Å²) < 4.78 is 13.2. The van der Waals surface area contributed by atoms with E-state index in [0.717, 1.165) is 16.9 Å². The number of carbonyl (C=O) groups excluding carboxylic acids is 1. The number of carbonyl (C=O) groups is 1. The Morgan fingerprint density at radius 1 is 1.31 bits per heavy atom. The quantitative estimate of drug-likeness (QED) is 0.670. The Bertz CT molecular complexity index is 1000. The fourth-order valence-corrected chi connectivity index (χ4v) is 3.37. The van der Waals surface area contributed by atoms with Gasteiger partial charge in [-0.3, -0.25) is 4.79 Å². The number of halogens is 1. The average Bonchev–Trinajstić information content (AvgIpc) is 3.16. The van der Waals surface area contributed by atoms with E-state index in [1.807, 2.05) is 55.5 Å². The zero-order valence-corrected chi connectivity index (χ0v) is 16.7. The molecule has 150 valence electrons. The maximum atomic E-state index is 12.6. The largest absolute Gasteiger partial charge is 0.494 e. The number of nitrogens with zero attached hydrogens (tertiary/aromatic N) is 3. The number of nitrogens with one attached hydrogen (secondary N) is 1. The predicted octanol–water partition coefficient (Wildman–Crippen LogP) is 3.53. The summed E-state index contributed by atoms with van der Waals surface area (Å²) in [5.41, 5.74) is 2.93. The molecule has 1 atom stereocenters. The van der Waals surface area contributed by atoms with Crippen LogP contribution in [-0.4, -0.2) is 27.5 Å². The van der Waals surface area contributed by atoms with Gasteiger partial charge in [-0.15, -0.1) is 5.10 Å². The molecule has 8 heteroatoms. The molecule has 2 heterocycles. The molecule has 0 bridgehead atoms. The first-order valence-corrected chi connectivity index (χ1v) is 9.81. The number of hydrogen-bond donors (Lipinski definition) is 1. The number of hydrogen-bond acceptors (Lipinski definition) is 5. The molecule has 1 N–H and O–H groups in total. The predicted molar refractivity (Wildman–Crippen MR) is 108 cm³/mol. The summed E-state index contributed by atoms with van der Waals surface area (Å²) in [7, 11) is 0. The Morgan fingerprint density at radius 2 is 2.14 bits per heavy atom. The Morgan fingerprint density at radius 3 is 2.93 bits per heavy atom. The number of rotatable bonds is 6. The van der Waals surface area contributed by atoms with Crippen molar-refractivity contribution in [2.45, 2.75) is 32.7 Å². The molecule has 1 aliphatic heterocycles. The Labute approximate surface area is 173 Å². The van der Waals surface area contributed by atoms with Crippen LogP contribution in [0.3, 0.4) is 0 Å². The minimum absolute atomic E-state index is 0.154. The van der Waals surface area contributed by atoms with Crippen LogP contribution >= 0.6 is 11.6 Å². The third-order valence-electron chi connectivity index (χ3n) is 4.72. The second-order valence-electron chi connectivity index (χ2n) is 6.68. The Kier molecular flexibility index (Phi) is 5.78. The highest BCUT2D eigenvalue weighted by atomic mass is 35.5. The van der Waals surface area contributed by atoms with E-state index in [0.29, 0.717) is 36.1 Å². The van der Waals surface area contributed by atoms with Gasteiger partial charge in [0.2, 0.25) is 0 Å². The van der Waals surface area contributed by atoms with E-state index >= 15 is 0 Å². The van der Waals surface area contributed by atoms with E-state index in [-0.39, 0.29) is 18.6 Å². The van der Waals surface area contributed by atoms with Gasteiger partial charge in [0.25, 0.3) is 5.91 Å². The van der Waals surface area contributed by atoms with Gasteiger partial charge in [-0.25, -0.2) is 4.68 Å². The highest BCUT2D eigenvalue weighted by molar-refractivity contribution is 6.30. The van der Waals surface area contributed by atoms with Crippen molar-refractivity contribution >= 4 is 17.5 Å². The standard InChI is InChI=1S/C21H21ClN4O3/c1-2-28-17-5-3-4-14(10-17)11-23-21(27)20-18-13-29-19(12-26(18)25-24-20)15-6-8-16(22)9-7-15/h3-10,19H,2,11-13H2,1H3,(H,23,27). The SMILES string of the molecule is CCOc1cccc(CNC(=O)c2nnn3c2COC(c2ccc(Cl)cc2)C3)c1. The fraction of sp³-hybridized carbons (Fsp3) is 0.286. The van der Waals surface area contributed by atoms with Crippen LogP contribution in [0.5, 0.6) is 5.75 Å². The third-order valence-corrected chi connectivity index (χ3v) is 4.97. The van der Waals surface area contributed by atoms with Gasteiger partial charge in [-0.2, -0.15) is 0 Å². The van der Waals surface area contributed by atoms with Gasteiger partial charge in [-0.1, -0.05) is 41.1 Å². The Balaban J connectivity index is 1.41. The van der Waals surface area contributed by atoms with Gasteiger partial charge in [0.15, 0.2) is 5.69 Å². The molecule has 4 rings (SSSR count). The zero-order valence-electron chi connectivity index (χ0n) is 16.0. The molecule has 0 fully saturated rings. The summed E-state index contributed by atoms with van der Waals surface area (Å²) in [6, 6.07) is 15.1. The molecule has 1 aliphatic rings. The molecular formula is C21H21ClN4O3. The fourth-order valence-electron chi connectivity index (χ4n) is 3.25. The van der Waals surface area contributed by atoms with Gasteiger partial charge in [-0.05, 0) is 42.3 Å². The van der Waals surface area contributed by atoms with Crippen molar-refractivity contribution in [3.05, 3.63) is 76.1 Å². The number of amides is 1. The van der Waals surface area contributed by atoms with Crippen molar-refractivity contribution in [2.75, 3.05) is 6.61 Å². The zero-order chi connectivity index (χ0) is 20.2. The summed E-state index contributed by atoms with van der Waals surface area (Å²) in [6.07, 6.45) is -0.154. The van der Waals surface area contributed by atoms with E-state index in [1.165, 1.54) is 0 Å². The van der Waals surface area contributed by atoms with Crippen molar-refractivity contribution in [3.8, 4) is 5.75 Å². The third kappa shape index (κ3) is 4.41. The summed E-state index contributed by atoms with van der Waals surface area (Å²) >= 11 is 5.95. The van der Waals surface area contributed by atoms with Crippen molar-refractivity contribution in [3.63, 3.8) is 0 Å². The molecule has 2 aromatic carbocycles. The maximum absolute atomic E-state index is 12.6. The molecule has 1 amide bonds. The summed E-state index contributed by atoms with van der Waals surface area (Å²) in [5, 5.41) is 11.8. The molecule has 0 saturated heterocycles. The van der Waals surface area contributed by atoms with Gasteiger partial charge >= 0.3 is 0 Å². The molecule has 0 spiro atoms. The monoisotopic (exact) mass is 412 g/mol. The van der Waals surface area contributed by atoms with Crippen molar-refractivity contribution in [2.24, 2.45) is 0 Å². The molecule has 3 aromatic rings. The van der Waals surface area contributed by atoms with Crippen LogP contribution in [0.4, 0.5) is 0 Å². The summed E-state index contributed by atoms with van der Waals surface area (Å²) in [5.74, 6) is 0.503. The van der Waals surface area contributed by atoms with Crippen LogP contribution in [-0.2, 0) is 24.4 Å². The minimum Gasteiger partial charge on any atom is -0.494 e. The molecule has 0 aliphatic carbocycles. The lowest BCUT2D eigenvalue weighted by Gasteiger charge is -2.24. The highest BCUT2D eigenvalue weighted by Crippen LogP contribution is 2.27. The number of fused-ring (bicyclic) bond motifs is 1. The molecule has 1 aromatic heterocycles.